The van der Waals surface area contributed by atoms with Gasteiger partial charge in [0.25, 0.3) is 0 Å². The maximum Gasteiger partial charge on any atom is 0.145 e. The molecule has 4 heteroatoms. The zero-order valence-electron chi connectivity index (χ0n) is 11.4. The Morgan fingerprint density at radius 1 is 1.17 bits per heavy atom. The molecule has 1 aliphatic rings. The summed E-state index contributed by atoms with van der Waals surface area (Å²) in [4.78, 5) is 0. The van der Waals surface area contributed by atoms with E-state index in [1.54, 1.807) is 14.2 Å². The van der Waals surface area contributed by atoms with Gasteiger partial charge in [0.2, 0.25) is 0 Å². The SMILES string of the molecule is COc1cc(C)c(NCCNC2CC2)c(OC)c1. The van der Waals surface area contributed by atoms with E-state index in [1.807, 2.05) is 12.1 Å². The highest BCUT2D eigenvalue weighted by Gasteiger charge is 2.19. The third-order valence-corrected chi connectivity index (χ3v) is 3.17. The minimum absolute atomic E-state index is 0.755. The van der Waals surface area contributed by atoms with Crippen LogP contribution in [0.4, 0.5) is 5.69 Å². The Bertz CT molecular complexity index is 403. The van der Waals surface area contributed by atoms with Crippen molar-refractivity contribution in [3.63, 3.8) is 0 Å². The van der Waals surface area contributed by atoms with Gasteiger partial charge in [-0.1, -0.05) is 0 Å². The fraction of sp³-hybridized carbons (Fsp3) is 0.571. The Kier molecular flexibility index (Phi) is 4.31. The van der Waals surface area contributed by atoms with Crippen LogP contribution >= 0.6 is 0 Å². The van der Waals surface area contributed by atoms with Gasteiger partial charge in [-0.3, -0.25) is 0 Å². The normalized spacial score (nSPS) is 14.4. The smallest absolute Gasteiger partial charge is 0.145 e. The predicted molar refractivity (Wildman–Crippen MR) is 73.8 cm³/mol. The zero-order chi connectivity index (χ0) is 13.0. The van der Waals surface area contributed by atoms with Gasteiger partial charge >= 0.3 is 0 Å². The van der Waals surface area contributed by atoms with Crippen molar-refractivity contribution >= 4 is 5.69 Å². The molecule has 4 nitrogen and oxygen atoms in total. The molecule has 0 atom stereocenters. The average molecular weight is 250 g/mol. The molecule has 0 aliphatic heterocycles. The van der Waals surface area contributed by atoms with E-state index in [0.717, 1.165) is 41.9 Å². The fourth-order valence-corrected chi connectivity index (χ4v) is 1.98. The van der Waals surface area contributed by atoms with Crippen molar-refractivity contribution in [2.75, 3.05) is 32.6 Å². The highest BCUT2D eigenvalue weighted by Crippen LogP contribution is 2.32. The van der Waals surface area contributed by atoms with Gasteiger partial charge in [-0.05, 0) is 31.4 Å². The van der Waals surface area contributed by atoms with Crippen LogP contribution < -0.4 is 20.1 Å². The highest BCUT2D eigenvalue weighted by atomic mass is 16.5. The zero-order valence-corrected chi connectivity index (χ0v) is 11.4. The minimum Gasteiger partial charge on any atom is -0.497 e. The lowest BCUT2D eigenvalue weighted by Crippen LogP contribution is -2.24. The summed E-state index contributed by atoms with van der Waals surface area (Å²) in [5, 5.41) is 6.90. The highest BCUT2D eigenvalue weighted by molar-refractivity contribution is 5.64. The van der Waals surface area contributed by atoms with Gasteiger partial charge < -0.3 is 20.1 Å². The van der Waals surface area contributed by atoms with Crippen molar-refractivity contribution in [3.05, 3.63) is 17.7 Å². The van der Waals surface area contributed by atoms with Crippen LogP contribution in [-0.2, 0) is 0 Å². The van der Waals surface area contributed by atoms with E-state index < -0.39 is 0 Å². The van der Waals surface area contributed by atoms with Crippen LogP contribution in [0.2, 0.25) is 0 Å². The van der Waals surface area contributed by atoms with Crippen LogP contribution in [0.25, 0.3) is 0 Å². The molecule has 2 rings (SSSR count). The van der Waals surface area contributed by atoms with Crippen molar-refractivity contribution in [2.45, 2.75) is 25.8 Å². The molecule has 0 radical (unpaired) electrons. The second-order valence-electron chi connectivity index (χ2n) is 4.68. The number of ether oxygens (including phenoxy) is 2. The largest absolute Gasteiger partial charge is 0.497 e. The molecule has 100 valence electrons. The Morgan fingerprint density at radius 3 is 2.56 bits per heavy atom. The number of anilines is 1. The molecule has 1 fully saturated rings. The molecule has 1 aromatic carbocycles. The number of methoxy groups -OCH3 is 2. The van der Waals surface area contributed by atoms with Gasteiger partial charge in [0.15, 0.2) is 0 Å². The molecular formula is C14H22N2O2. The first-order chi connectivity index (χ1) is 8.74. The van der Waals surface area contributed by atoms with Crippen LogP contribution in [0.5, 0.6) is 11.5 Å². The van der Waals surface area contributed by atoms with Crippen molar-refractivity contribution in [1.82, 2.24) is 5.32 Å². The Labute approximate surface area is 109 Å². The molecule has 0 amide bonds. The van der Waals surface area contributed by atoms with Crippen molar-refractivity contribution in [2.24, 2.45) is 0 Å². The van der Waals surface area contributed by atoms with Gasteiger partial charge in [0.05, 0.1) is 19.9 Å². The predicted octanol–water partition coefficient (Wildman–Crippen LogP) is 2.18. The minimum atomic E-state index is 0.755. The second-order valence-corrected chi connectivity index (χ2v) is 4.68. The molecule has 0 bridgehead atoms. The van der Waals surface area contributed by atoms with E-state index in [9.17, 15) is 0 Å². The molecule has 0 unspecified atom stereocenters. The number of hydrogen-bond acceptors (Lipinski definition) is 4. The van der Waals surface area contributed by atoms with Crippen molar-refractivity contribution in [1.29, 1.82) is 0 Å². The maximum absolute atomic E-state index is 5.40. The molecule has 0 aromatic heterocycles. The van der Waals surface area contributed by atoms with Crippen LogP contribution in [0.1, 0.15) is 18.4 Å². The van der Waals surface area contributed by atoms with Gasteiger partial charge in [-0.15, -0.1) is 0 Å². The van der Waals surface area contributed by atoms with E-state index in [2.05, 4.69) is 17.6 Å². The molecule has 1 saturated carbocycles. The van der Waals surface area contributed by atoms with E-state index >= 15 is 0 Å². The molecule has 2 N–H and O–H groups in total. The maximum atomic E-state index is 5.40. The monoisotopic (exact) mass is 250 g/mol. The molecule has 18 heavy (non-hydrogen) atoms. The third-order valence-electron chi connectivity index (χ3n) is 3.17. The van der Waals surface area contributed by atoms with E-state index in [0.29, 0.717) is 0 Å². The van der Waals surface area contributed by atoms with Gasteiger partial charge in [-0.2, -0.15) is 0 Å². The van der Waals surface area contributed by atoms with Crippen LogP contribution in [0.15, 0.2) is 12.1 Å². The Balaban J connectivity index is 1.96. The number of benzene rings is 1. The lowest BCUT2D eigenvalue weighted by atomic mass is 10.1. The van der Waals surface area contributed by atoms with Crippen LogP contribution in [-0.4, -0.2) is 33.4 Å². The first-order valence-corrected chi connectivity index (χ1v) is 6.44. The summed E-state index contributed by atoms with van der Waals surface area (Å²) >= 11 is 0. The molecule has 1 aromatic rings. The molecule has 0 saturated heterocycles. The average Bonchev–Trinajstić information content (AvgIpc) is 3.19. The molecule has 0 heterocycles. The summed E-state index contributed by atoms with van der Waals surface area (Å²) in [6.07, 6.45) is 2.65. The molecule has 0 spiro atoms. The number of aryl methyl sites for hydroxylation is 1. The fourth-order valence-electron chi connectivity index (χ4n) is 1.98. The number of nitrogens with one attached hydrogen (secondary N) is 2. The first kappa shape index (κ1) is 13.0. The van der Waals surface area contributed by atoms with Crippen LogP contribution in [0, 0.1) is 6.92 Å². The molecular weight excluding hydrogens is 228 g/mol. The quantitative estimate of drug-likeness (QED) is 0.728. The van der Waals surface area contributed by atoms with Gasteiger partial charge in [0, 0.05) is 25.2 Å². The third kappa shape index (κ3) is 3.29. The number of rotatable bonds is 7. The van der Waals surface area contributed by atoms with Crippen molar-refractivity contribution < 1.29 is 9.47 Å². The second kappa shape index (κ2) is 5.96. The van der Waals surface area contributed by atoms with E-state index in [-0.39, 0.29) is 0 Å². The summed E-state index contributed by atoms with van der Waals surface area (Å²) in [7, 11) is 3.35. The first-order valence-electron chi connectivity index (χ1n) is 6.44. The summed E-state index contributed by atoms with van der Waals surface area (Å²) in [5.41, 5.74) is 2.19. The van der Waals surface area contributed by atoms with Crippen LogP contribution in [0.3, 0.4) is 0 Å². The Hall–Kier alpha value is -1.42. The van der Waals surface area contributed by atoms with Gasteiger partial charge in [0.1, 0.15) is 11.5 Å². The lowest BCUT2D eigenvalue weighted by Gasteiger charge is -2.15. The topological polar surface area (TPSA) is 42.5 Å². The lowest BCUT2D eigenvalue weighted by molar-refractivity contribution is 0.395. The Morgan fingerprint density at radius 2 is 1.94 bits per heavy atom. The summed E-state index contributed by atoms with van der Waals surface area (Å²) in [6.45, 7) is 3.95. The standard InChI is InChI=1S/C14H22N2O2/c1-10-8-12(17-2)9-13(18-3)14(10)16-7-6-15-11-4-5-11/h8-9,11,15-16H,4-7H2,1-3H3. The van der Waals surface area contributed by atoms with E-state index in [4.69, 9.17) is 9.47 Å². The molecule has 1 aliphatic carbocycles. The summed E-state index contributed by atoms with van der Waals surface area (Å²) in [6, 6.07) is 4.67. The van der Waals surface area contributed by atoms with Gasteiger partial charge in [-0.25, -0.2) is 0 Å². The summed E-state index contributed by atoms with van der Waals surface area (Å²) < 4.78 is 10.6. The van der Waals surface area contributed by atoms with Crippen molar-refractivity contribution in [3.8, 4) is 11.5 Å². The van der Waals surface area contributed by atoms with E-state index in [1.165, 1.54) is 12.8 Å². The number of hydrogen-bond donors (Lipinski definition) is 2. The summed E-state index contributed by atoms with van der Waals surface area (Å²) in [5.74, 6) is 1.66.